The maximum Gasteiger partial charge on any atom is 0.130 e. The number of nitrogens with zero attached hydrogens (tertiary/aromatic N) is 3. The van der Waals surface area contributed by atoms with Gasteiger partial charge in [-0.25, -0.2) is 0 Å². The summed E-state index contributed by atoms with van der Waals surface area (Å²) in [6.07, 6.45) is 4.53. The van der Waals surface area contributed by atoms with E-state index in [4.69, 9.17) is 15.6 Å². The molecule has 0 aliphatic heterocycles. The molecule has 0 unspecified atom stereocenters. The number of aliphatic hydroxyl groups excluding tert-OH is 1. The van der Waals surface area contributed by atoms with Crippen molar-refractivity contribution in [2.45, 2.75) is 26.2 Å². The van der Waals surface area contributed by atoms with Crippen LogP contribution < -0.4 is 4.90 Å². The molecule has 4 heteroatoms. The first-order valence-electron chi connectivity index (χ1n) is 7.23. The first-order valence-corrected chi connectivity index (χ1v) is 7.23. The van der Waals surface area contributed by atoms with Crippen LogP contribution in [0.4, 0.5) is 5.69 Å². The summed E-state index contributed by atoms with van der Waals surface area (Å²) in [5.41, 5.74) is 2.10. The van der Waals surface area contributed by atoms with Crippen LogP contribution in [0.15, 0.2) is 29.8 Å². The van der Waals surface area contributed by atoms with E-state index in [1.807, 2.05) is 36.4 Å². The van der Waals surface area contributed by atoms with E-state index in [1.165, 1.54) is 0 Å². The highest BCUT2D eigenvalue weighted by Crippen LogP contribution is 2.17. The molecule has 1 N–H and O–H groups in total. The van der Waals surface area contributed by atoms with Gasteiger partial charge in [-0.15, -0.1) is 0 Å². The summed E-state index contributed by atoms with van der Waals surface area (Å²) >= 11 is 0. The van der Waals surface area contributed by atoms with Gasteiger partial charge in [-0.2, -0.15) is 10.5 Å². The van der Waals surface area contributed by atoms with E-state index in [0.29, 0.717) is 0 Å². The molecule has 0 saturated heterocycles. The smallest absolute Gasteiger partial charge is 0.130 e. The van der Waals surface area contributed by atoms with Crippen LogP contribution in [0.1, 0.15) is 31.7 Å². The minimum Gasteiger partial charge on any atom is -0.396 e. The molecule has 0 bridgehead atoms. The Kier molecular flexibility index (Phi) is 7.64. The molecule has 0 atom stereocenters. The third-order valence-electron chi connectivity index (χ3n) is 3.28. The third kappa shape index (κ3) is 5.69. The summed E-state index contributed by atoms with van der Waals surface area (Å²) in [6, 6.07) is 11.6. The number of hydrogen-bond donors (Lipinski definition) is 1. The highest BCUT2D eigenvalue weighted by molar-refractivity contribution is 5.63. The number of anilines is 1. The molecular weight excluding hydrogens is 262 g/mol. The Labute approximate surface area is 126 Å². The molecule has 1 aromatic rings. The van der Waals surface area contributed by atoms with Gasteiger partial charge in [0, 0.05) is 25.4 Å². The van der Waals surface area contributed by atoms with Crippen LogP contribution >= 0.6 is 0 Å². The topological polar surface area (TPSA) is 71.0 Å². The molecule has 0 heterocycles. The first-order chi connectivity index (χ1) is 10.2. The summed E-state index contributed by atoms with van der Waals surface area (Å²) in [6.45, 7) is 4.26. The summed E-state index contributed by atoms with van der Waals surface area (Å²) < 4.78 is 0. The van der Waals surface area contributed by atoms with Gasteiger partial charge in [-0.3, -0.25) is 0 Å². The van der Waals surface area contributed by atoms with Crippen molar-refractivity contribution < 1.29 is 5.11 Å². The van der Waals surface area contributed by atoms with E-state index in [0.717, 1.165) is 43.6 Å². The molecule has 0 aliphatic carbocycles. The van der Waals surface area contributed by atoms with Crippen LogP contribution in [0, 0.1) is 22.7 Å². The predicted molar refractivity (Wildman–Crippen MR) is 84.5 cm³/mol. The fourth-order valence-corrected chi connectivity index (χ4v) is 2.10. The van der Waals surface area contributed by atoms with E-state index in [-0.39, 0.29) is 12.2 Å². The summed E-state index contributed by atoms with van der Waals surface area (Å²) in [7, 11) is 0. The largest absolute Gasteiger partial charge is 0.396 e. The Bertz CT molecular complexity index is 519. The molecule has 0 amide bonds. The Morgan fingerprint density at radius 3 is 2.33 bits per heavy atom. The predicted octanol–water partition coefficient (Wildman–Crippen LogP) is 3.11. The maximum absolute atomic E-state index is 8.78. The van der Waals surface area contributed by atoms with Crippen LogP contribution in [0.2, 0.25) is 0 Å². The summed E-state index contributed by atoms with van der Waals surface area (Å²) in [4.78, 5) is 2.28. The van der Waals surface area contributed by atoms with Gasteiger partial charge in [-0.1, -0.05) is 12.1 Å². The quantitative estimate of drug-likeness (QED) is 0.588. The molecule has 4 nitrogen and oxygen atoms in total. The van der Waals surface area contributed by atoms with Crippen LogP contribution in [-0.4, -0.2) is 24.8 Å². The van der Waals surface area contributed by atoms with Crippen molar-refractivity contribution in [1.29, 1.82) is 10.5 Å². The Balaban J connectivity index is 2.69. The van der Waals surface area contributed by atoms with E-state index >= 15 is 0 Å². The second-order valence-corrected chi connectivity index (χ2v) is 4.74. The average Bonchev–Trinajstić information content (AvgIpc) is 2.53. The molecule has 1 rings (SSSR count). The van der Waals surface area contributed by atoms with Crippen LogP contribution in [-0.2, 0) is 0 Å². The monoisotopic (exact) mass is 283 g/mol. The Morgan fingerprint density at radius 2 is 1.81 bits per heavy atom. The molecule has 0 radical (unpaired) electrons. The lowest BCUT2D eigenvalue weighted by molar-refractivity contribution is 0.283. The van der Waals surface area contributed by atoms with Gasteiger partial charge in [0.1, 0.15) is 17.7 Å². The molecule has 0 fully saturated rings. The molecule has 0 saturated carbocycles. The number of allylic oxidation sites excluding steroid dienone is 1. The van der Waals surface area contributed by atoms with Crippen molar-refractivity contribution in [3.8, 4) is 12.1 Å². The van der Waals surface area contributed by atoms with Crippen LogP contribution in [0.25, 0.3) is 6.08 Å². The minimum absolute atomic E-state index is 0.110. The normalized spacial score (nSPS) is 9.52. The zero-order valence-corrected chi connectivity index (χ0v) is 12.4. The van der Waals surface area contributed by atoms with Crippen molar-refractivity contribution in [2.24, 2.45) is 0 Å². The second-order valence-electron chi connectivity index (χ2n) is 4.74. The van der Waals surface area contributed by atoms with Crippen molar-refractivity contribution in [3.05, 3.63) is 35.4 Å². The zero-order valence-electron chi connectivity index (χ0n) is 12.4. The van der Waals surface area contributed by atoms with Crippen molar-refractivity contribution >= 4 is 11.8 Å². The van der Waals surface area contributed by atoms with Gasteiger partial charge < -0.3 is 10.0 Å². The maximum atomic E-state index is 8.78. The lowest BCUT2D eigenvalue weighted by Gasteiger charge is -2.23. The lowest BCUT2D eigenvalue weighted by atomic mass is 10.1. The summed E-state index contributed by atoms with van der Waals surface area (Å²) in [5.74, 6) is 0. The first kappa shape index (κ1) is 16.8. The molecule has 1 aromatic carbocycles. The number of benzene rings is 1. The summed E-state index contributed by atoms with van der Waals surface area (Å²) in [5, 5.41) is 26.3. The minimum atomic E-state index is 0.110. The van der Waals surface area contributed by atoms with Gasteiger partial charge in [-0.05, 0) is 50.0 Å². The highest BCUT2D eigenvalue weighted by Gasteiger charge is 2.04. The van der Waals surface area contributed by atoms with Gasteiger partial charge in [0.15, 0.2) is 0 Å². The second kappa shape index (κ2) is 9.58. The average molecular weight is 283 g/mol. The number of hydrogen-bond acceptors (Lipinski definition) is 4. The lowest BCUT2D eigenvalue weighted by Crippen LogP contribution is -2.23. The highest BCUT2D eigenvalue weighted by atomic mass is 16.2. The van der Waals surface area contributed by atoms with Gasteiger partial charge in [0.2, 0.25) is 0 Å². The molecule has 0 aromatic heterocycles. The zero-order chi connectivity index (χ0) is 15.5. The number of nitriles is 2. The van der Waals surface area contributed by atoms with Crippen LogP contribution in [0.5, 0.6) is 0 Å². The number of unbranched alkanes of at least 4 members (excludes halogenated alkanes) is 2. The molecule has 0 spiro atoms. The van der Waals surface area contributed by atoms with Crippen molar-refractivity contribution in [1.82, 2.24) is 0 Å². The fourth-order valence-electron chi connectivity index (χ4n) is 2.10. The molecule has 21 heavy (non-hydrogen) atoms. The van der Waals surface area contributed by atoms with Gasteiger partial charge in [0.25, 0.3) is 0 Å². The Morgan fingerprint density at radius 1 is 1.14 bits per heavy atom. The number of rotatable bonds is 8. The van der Waals surface area contributed by atoms with E-state index in [1.54, 1.807) is 6.08 Å². The fraction of sp³-hybridized carbons (Fsp3) is 0.412. The molecule has 0 aliphatic rings. The van der Waals surface area contributed by atoms with Gasteiger partial charge >= 0.3 is 0 Å². The van der Waals surface area contributed by atoms with Crippen molar-refractivity contribution in [3.63, 3.8) is 0 Å². The molecular formula is C17H21N3O. The third-order valence-corrected chi connectivity index (χ3v) is 3.28. The Hall–Kier alpha value is -2.30. The van der Waals surface area contributed by atoms with E-state index in [2.05, 4.69) is 11.8 Å². The van der Waals surface area contributed by atoms with Gasteiger partial charge in [0.05, 0.1) is 0 Å². The number of aliphatic hydroxyl groups is 1. The van der Waals surface area contributed by atoms with E-state index < -0.39 is 0 Å². The molecule has 110 valence electrons. The standard InChI is InChI=1S/C17H21N3O/c1-2-20(10-4-3-5-11-21)17-8-6-15(7-9-17)12-16(13-18)14-19/h6-9,12,21H,2-5,10-11H2,1H3. The van der Waals surface area contributed by atoms with E-state index in [9.17, 15) is 0 Å². The SMILES string of the molecule is CCN(CCCCCO)c1ccc(C=C(C#N)C#N)cc1. The van der Waals surface area contributed by atoms with Crippen molar-refractivity contribution in [2.75, 3.05) is 24.6 Å². The van der Waals surface area contributed by atoms with Crippen LogP contribution in [0.3, 0.4) is 0 Å².